The van der Waals surface area contributed by atoms with Crippen molar-refractivity contribution in [2.75, 3.05) is 19.6 Å². The first-order valence-electron chi connectivity index (χ1n) is 6.53. The third-order valence-electron chi connectivity index (χ3n) is 3.29. The monoisotopic (exact) mass is 275 g/mol. The van der Waals surface area contributed by atoms with Gasteiger partial charge in [0.1, 0.15) is 0 Å². The molecule has 1 atom stereocenters. The van der Waals surface area contributed by atoms with Crippen molar-refractivity contribution >= 4 is 24.2 Å². The predicted molar refractivity (Wildman–Crippen MR) is 71.6 cm³/mol. The molecule has 0 spiro atoms. The standard InChI is InChI=1S/C12H21N3O2.ClH/c16-11(8-10-2-1-5-13-10)14-6-7-15-12(17)9-3-4-9;/h9-10,13H,1-8H2,(H,14,16)(H,15,17);1H. The summed E-state index contributed by atoms with van der Waals surface area (Å²) in [6.45, 7) is 2.10. The summed E-state index contributed by atoms with van der Waals surface area (Å²) in [6, 6.07) is 0.344. The minimum absolute atomic E-state index is 0. The van der Waals surface area contributed by atoms with E-state index in [1.165, 1.54) is 0 Å². The van der Waals surface area contributed by atoms with Gasteiger partial charge in [-0.1, -0.05) is 0 Å². The first-order chi connectivity index (χ1) is 8.25. The lowest BCUT2D eigenvalue weighted by atomic mass is 10.1. The second-order valence-electron chi connectivity index (χ2n) is 4.91. The number of halogens is 1. The zero-order chi connectivity index (χ0) is 12.1. The summed E-state index contributed by atoms with van der Waals surface area (Å²) in [5, 5.41) is 8.94. The molecule has 6 heteroatoms. The zero-order valence-corrected chi connectivity index (χ0v) is 11.4. The smallest absolute Gasteiger partial charge is 0.223 e. The van der Waals surface area contributed by atoms with Gasteiger partial charge in [0.15, 0.2) is 0 Å². The molecular weight excluding hydrogens is 254 g/mol. The van der Waals surface area contributed by atoms with Gasteiger partial charge in [-0.25, -0.2) is 0 Å². The van der Waals surface area contributed by atoms with Gasteiger partial charge in [0.05, 0.1) is 0 Å². The van der Waals surface area contributed by atoms with Crippen LogP contribution in [-0.4, -0.2) is 37.5 Å². The molecule has 1 heterocycles. The number of nitrogens with one attached hydrogen (secondary N) is 3. The zero-order valence-electron chi connectivity index (χ0n) is 10.5. The molecule has 1 aliphatic heterocycles. The van der Waals surface area contributed by atoms with Gasteiger partial charge < -0.3 is 16.0 Å². The average molecular weight is 276 g/mol. The number of carbonyl (C=O) groups excluding carboxylic acids is 2. The van der Waals surface area contributed by atoms with Crippen molar-refractivity contribution < 1.29 is 9.59 Å². The van der Waals surface area contributed by atoms with Gasteiger partial charge in [-0.2, -0.15) is 0 Å². The van der Waals surface area contributed by atoms with Gasteiger partial charge in [0.2, 0.25) is 11.8 Å². The van der Waals surface area contributed by atoms with Crippen LogP contribution < -0.4 is 16.0 Å². The number of amides is 2. The van der Waals surface area contributed by atoms with E-state index in [0.29, 0.717) is 25.6 Å². The van der Waals surface area contributed by atoms with E-state index in [2.05, 4.69) is 16.0 Å². The molecule has 2 aliphatic rings. The van der Waals surface area contributed by atoms with E-state index >= 15 is 0 Å². The Morgan fingerprint density at radius 2 is 1.83 bits per heavy atom. The van der Waals surface area contributed by atoms with E-state index in [0.717, 1.165) is 32.2 Å². The molecule has 0 aromatic carbocycles. The lowest BCUT2D eigenvalue weighted by molar-refractivity contribution is -0.123. The molecule has 2 rings (SSSR count). The molecule has 2 fully saturated rings. The van der Waals surface area contributed by atoms with Gasteiger partial charge in [-0.15, -0.1) is 12.4 Å². The van der Waals surface area contributed by atoms with Gasteiger partial charge >= 0.3 is 0 Å². The first-order valence-corrected chi connectivity index (χ1v) is 6.53. The minimum atomic E-state index is 0. The average Bonchev–Trinajstić information content (AvgIpc) is 3.04. The van der Waals surface area contributed by atoms with Gasteiger partial charge in [-0.05, 0) is 32.2 Å². The number of hydrogen-bond acceptors (Lipinski definition) is 3. The molecule has 18 heavy (non-hydrogen) atoms. The van der Waals surface area contributed by atoms with Crippen molar-refractivity contribution in [1.29, 1.82) is 0 Å². The topological polar surface area (TPSA) is 70.2 Å². The quantitative estimate of drug-likeness (QED) is 0.606. The summed E-state index contributed by atoms with van der Waals surface area (Å²) in [5.74, 6) is 0.454. The van der Waals surface area contributed by atoms with Crippen LogP contribution in [0.4, 0.5) is 0 Å². The lowest BCUT2D eigenvalue weighted by Gasteiger charge is -2.10. The molecule has 0 radical (unpaired) electrons. The van der Waals surface area contributed by atoms with E-state index in [9.17, 15) is 9.59 Å². The summed E-state index contributed by atoms with van der Waals surface area (Å²) in [6.07, 6.45) is 4.84. The Labute approximate surface area is 114 Å². The van der Waals surface area contributed by atoms with Gasteiger partial charge in [-0.3, -0.25) is 9.59 Å². The van der Waals surface area contributed by atoms with E-state index in [4.69, 9.17) is 0 Å². The second kappa shape index (κ2) is 7.59. The van der Waals surface area contributed by atoms with Crippen LogP contribution >= 0.6 is 12.4 Å². The summed E-state index contributed by atoms with van der Waals surface area (Å²) in [7, 11) is 0. The van der Waals surface area contributed by atoms with Crippen LogP contribution in [0.2, 0.25) is 0 Å². The van der Waals surface area contributed by atoms with Crippen molar-refractivity contribution in [2.45, 2.75) is 38.1 Å². The van der Waals surface area contributed by atoms with Crippen molar-refractivity contribution in [2.24, 2.45) is 5.92 Å². The van der Waals surface area contributed by atoms with Gasteiger partial charge in [0, 0.05) is 31.5 Å². The van der Waals surface area contributed by atoms with Crippen LogP contribution in [0.1, 0.15) is 32.1 Å². The van der Waals surface area contributed by atoms with Crippen LogP contribution in [-0.2, 0) is 9.59 Å². The van der Waals surface area contributed by atoms with Crippen LogP contribution in [0, 0.1) is 5.92 Å². The van der Waals surface area contributed by atoms with Crippen LogP contribution in [0.25, 0.3) is 0 Å². The summed E-state index contributed by atoms with van der Waals surface area (Å²) < 4.78 is 0. The SMILES string of the molecule is Cl.O=C(CC1CCCN1)NCCNC(=O)C1CC1. The summed E-state index contributed by atoms with van der Waals surface area (Å²) in [5.41, 5.74) is 0. The van der Waals surface area contributed by atoms with Gasteiger partial charge in [0.25, 0.3) is 0 Å². The maximum Gasteiger partial charge on any atom is 0.223 e. The normalized spacial score (nSPS) is 22.1. The van der Waals surface area contributed by atoms with Crippen LogP contribution in [0.15, 0.2) is 0 Å². The molecule has 3 N–H and O–H groups in total. The van der Waals surface area contributed by atoms with E-state index < -0.39 is 0 Å². The molecule has 1 saturated carbocycles. The van der Waals surface area contributed by atoms with E-state index in [1.807, 2.05) is 0 Å². The number of hydrogen-bond donors (Lipinski definition) is 3. The highest BCUT2D eigenvalue weighted by molar-refractivity contribution is 5.85. The van der Waals surface area contributed by atoms with Crippen molar-refractivity contribution in [3.05, 3.63) is 0 Å². The fourth-order valence-electron chi connectivity index (χ4n) is 2.10. The molecule has 0 aromatic heterocycles. The third-order valence-corrected chi connectivity index (χ3v) is 3.29. The van der Waals surface area contributed by atoms with Crippen LogP contribution in [0.5, 0.6) is 0 Å². The molecule has 1 saturated heterocycles. The fraction of sp³-hybridized carbons (Fsp3) is 0.833. The highest BCUT2D eigenvalue weighted by atomic mass is 35.5. The molecule has 104 valence electrons. The highest BCUT2D eigenvalue weighted by Gasteiger charge is 2.29. The summed E-state index contributed by atoms with van der Waals surface area (Å²) in [4.78, 5) is 22.8. The maximum atomic E-state index is 11.5. The Bertz CT molecular complexity index is 289. The van der Waals surface area contributed by atoms with E-state index in [-0.39, 0.29) is 30.1 Å². The predicted octanol–water partition coefficient (Wildman–Crippen LogP) is 0.193. The molecule has 2 amide bonds. The fourth-order valence-corrected chi connectivity index (χ4v) is 2.10. The Hall–Kier alpha value is -0.810. The summed E-state index contributed by atoms with van der Waals surface area (Å²) >= 11 is 0. The molecule has 0 aromatic rings. The van der Waals surface area contributed by atoms with Crippen molar-refractivity contribution in [3.8, 4) is 0 Å². The number of carbonyl (C=O) groups is 2. The highest BCUT2D eigenvalue weighted by Crippen LogP contribution is 2.28. The van der Waals surface area contributed by atoms with Crippen LogP contribution in [0.3, 0.4) is 0 Å². The number of rotatable bonds is 6. The Morgan fingerprint density at radius 1 is 1.11 bits per heavy atom. The molecular formula is C12H22ClN3O2. The largest absolute Gasteiger partial charge is 0.354 e. The Balaban J connectivity index is 0.00000162. The van der Waals surface area contributed by atoms with E-state index in [1.54, 1.807) is 0 Å². The maximum absolute atomic E-state index is 11.5. The molecule has 1 aliphatic carbocycles. The third kappa shape index (κ3) is 5.23. The molecule has 5 nitrogen and oxygen atoms in total. The Morgan fingerprint density at radius 3 is 2.44 bits per heavy atom. The lowest BCUT2D eigenvalue weighted by Crippen LogP contribution is -2.37. The molecule has 0 bridgehead atoms. The molecule has 1 unspecified atom stereocenters. The van der Waals surface area contributed by atoms with Crippen molar-refractivity contribution in [1.82, 2.24) is 16.0 Å². The van der Waals surface area contributed by atoms with Crippen molar-refractivity contribution in [3.63, 3.8) is 0 Å². The first kappa shape index (κ1) is 15.2. The second-order valence-corrected chi connectivity index (χ2v) is 4.91. The minimum Gasteiger partial charge on any atom is -0.354 e. The Kier molecular flexibility index (Phi) is 6.43.